The molecule has 0 unspecified atom stereocenters. The van der Waals surface area contributed by atoms with Crippen molar-refractivity contribution in [1.29, 1.82) is 0 Å². The molecule has 0 radical (unpaired) electrons. The van der Waals surface area contributed by atoms with Gasteiger partial charge in [0.25, 0.3) is 5.91 Å². The number of anilines is 1. The minimum Gasteiger partial charge on any atom is -0.444 e. The number of fused-ring (bicyclic) bond motifs is 1. The van der Waals surface area contributed by atoms with Crippen LogP contribution in [0.15, 0.2) is 36.7 Å². The van der Waals surface area contributed by atoms with Crippen molar-refractivity contribution in [2.75, 3.05) is 44.7 Å². The van der Waals surface area contributed by atoms with Crippen molar-refractivity contribution in [3.63, 3.8) is 0 Å². The van der Waals surface area contributed by atoms with E-state index >= 15 is 0 Å². The molecule has 37 heavy (non-hydrogen) atoms. The fraction of sp³-hybridized carbons (Fsp3) is 0.423. The molecule has 1 aliphatic heterocycles. The molecule has 1 saturated heterocycles. The summed E-state index contributed by atoms with van der Waals surface area (Å²) < 4.78 is 10.7. The highest BCUT2D eigenvalue weighted by Crippen LogP contribution is 2.27. The van der Waals surface area contributed by atoms with Crippen LogP contribution in [0.5, 0.6) is 0 Å². The summed E-state index contributed by atoms with van der Waals surface area (Å²) in [5.41, 5.74) is 8.76. The fourth-order valence-electron chi connectivity index (χ4n) is 3.96. The number of carbonyl (C=O) groups is 2. The first-order chi connectivity index (χ1) is 17.7. The van der Waals surface area contributed by atoms with Crippen molar-refractivity contribution in [3.05, 3.63) is 47.8 Å². The lowest BCUT2D eigenvalue weighted by atomic mass is 10.0. The molecule has 0 atom stereocenters. The Hall–Kier alpha value is -3.83. The first-order valence-corrected chi connectivity index (χ1v) is 12.3. The predicted octanol–water partition coefficient (Wildman–Crippen LogP) is 2.56. The molecule has 0 bridgehead atoms. The molecule has 11 nitrogen and oxygen atoms in total. The number of primary amides is 1. The van der Waals surface area contributed by atoms with Crippen molar-refractivity contribution in [1.82, 2.24) is 25.2 Å². The molecule has 1 aromatic carbocycles. The number of morpholine rings is 1. The molecule has 2 amide bonds. The Morgan fingerprint density at radius 2 is 1.81 bits per heavy atom. The predicted molar refractivity (Wildman–Crippen MR) is 140 cm³/mol. The van der Waals surface area contributed by atoms with Crippen LogP contribution in [0.25, 0.3) is 22.3 Å². The van der Waals surface area contributed by atoms with Crippen molar-refractivity contribution in [3.8, 4) is 11.3 Å². The molecule has 2 aromatic heterocycles. The number of hydrogen-bond acceptors (Lipinski definition) is 9. The molecule has 0 aliphatic carbocycles. The highest BCUT2D eigenvalue weighted by Gasteiger charge is 2.18. The number of rotatable bonds is 8. The summed E-state index contributed by atoms with van der Waals surface area (Å²) in [5.74, 6) is -0.168. The SMILES string of the molecule is CC(C)(C)OC(=O)NCCNc1ncnc2c(C(N)=O)cc(-c3ccc(CN4CCOCC4)cc3)nc12. The molecule has 4 rings (SSSR count). The van der Waals surface area contributed by atoms with Gasteiger partial charge in [-0.05, 0) is 32.4 Å². The zero-order chi connectivity index (χ0) is 26.4. The molecular formula is C26H33N7O4. The van der Waals surface area contributed by atoms with E-state index in [1.807, 2.05) is 12.1 Å². The van der Waals surface area contributed by atoms with E-state index in [4.69, 9.17) is 20.2 Å². The summed E-state index contributed by atoms with van der Waals surface area (Å²) in [6, 6.07) is 9.74. The van der Waals surface area contributed by atoms with Gasteiger partial charge in [0.2, 0.25) is 0 Å². The average Bonchev–Trinajstić information content (AvgIpc) is 2.86. The van der Waals surface area contributed by atoms with E-state index in [9.17, 15) is 9.59 Å². The first kappa shape index (κ1) is 26.2. The second kappa shape index (κ2) is 11.5. The Labute approximate surface area is 215 Å². The second-order valence-electron chi connectivity index (χ2n) is 9.78. The van der Waals surface area contributed by atoms with E-state index in [0.29, 0.717) is 35.6 Å². The molecule has 0 spiro atoms. The number of amides is 2. The Morgan fingerprint density at radius 1 is 1.08 bits per heavy atom. The topological polar surface area (TPSA) is 145 Å². The van der Waals surface area contributed by atoms with Gasteiger partial charge in [0.1, 0.15) is 23.0 Å². The number of hydrogen-bond donors (Lipinski definition) is 3. The molecule has 3 heterocycles. The van der Waals surface area contributed by atoms with Gasteiger partial charge in [-0.25, -0.2) is 19.7 Å². The van der Waals surface area contributed by atoms with Gasteiger partial charge >= 0.3 is 6.09 Å². The number of alkyl carbamates (subject to hydrolysis) is 1. The van der Waals surface area contributed by atoms with E-state index < -0.39 is 17.6 Å². The van der Waals surface area contributed by atoms with Gasteiger partial charge < -0.3 is 25.8 Å². The lowest BCUT2D eigenvalue weighted by molar-refractivity contribution is 0.0342. The quantitative estimate of drug-likeness (QED) is 0.392. The van der Waals surface area contributed by atoms with E-state index in [1.54, 1.807) is 26.8 Å². The number of carbonyl (C=O) groups excluding carboxylic acids is 2. The third-order valence-corrected chi connectivity index (χ3v) is 5.70. The number of ether oxygens (including phenoxy) is 2. The maximum atomic E-state index is 12.3. The lowest BCUT2D eigenvalue weighted by Crippen LogP contribution is -2.35. The van der Waals surface area contributed by atoms with Crippen LogP contribution >= 0.6 is 0 Å². The zero-order valence-electron chi connectivity index (χ0n) is 21.4. The Morgan fingerprint density at radius 3 is 2.49 bits per heavy atom. The second-order valence-corrected chi connectivity index (χ2v) is 9.78. The minimum atomic E-state index is -0.603. The fourth-order valence-corrected chi connectivity index (χ4v) is 3.96. The van der Waals surface area contributed by atoms with Crippen LogP contribution in [0, 0.1) is 0 Å². The van der Waals surface area contributed by atoms with Crippen molar-refractivity contribution >= 4 is 28.9 Å². The van der Waals surface area contributed by atoms with Crippen molar-refractivity contribution < 1.29 is 19.1 Å². The van der Waals surface area contributed by atoms with Gasteiger partial charge in [0, 0.05) is 38.3 Å². The van der Waals surface area contributed by atoms with Gasteiger partial charge in [-0.15, -0.1) is 0 Å². The number of aromatic nitrogens is 3. The number of nitrogens with one attached hydrogen (secondary N) is 2. The summed E-state index contributed by atoms with van der Waals surface area (Å²) in [6.45, 7) is 10.2. The largest absolute Gasteiger partial charge is 0.444 e. The van der Waals surface area contributed by atoms with Crippen LogP contribution in [-0.4, -0.2) is 76.8 Å². The van der Waals surface area contributed by atoms with Crippen LogP contribution in [-0.2, 0) is 16.0 Å². The van der Waals surface area contributed by atoms with Crippen LogP contribution in [0.4, 0.5) is 10.6 Å². The molecular weight excluding hydrogens is 474 g/mol. The van der Waals surface area contributed by atoms with Gasteiger partial charge in [0.15, 0.2) is 5.82 Å². The molecule has 1 aliphatic rings. The molecule has 1 fully saturated rings. The molecule has 0 saturated carbocycles. The van der Waals surface area contributed by atoms with Crippen LogP contribution in [0.2, 0.25) is 0 Å². The standard InChI is InChI=1S/C26H33N7O4/c1-26(2,3)37-25(35)29-9-8-28-24-22-21(30-16-31-24)19(23(27)34)14-20(32-22)18-6-4-17(5-7-18)15-33-10-12-36-13-11-33/h4-7,14,16H,8-13,15H2,1-3H3,(H2,27,34)(H,29,35)(H,28,30,31). The summed E-state index contributed by atoms with van der Waals surface area (Å²) in [6.07, 6.45) is 0.843. The summed E-state index contributed by atoms with van der Waals surface area (Å²) in [7, 11) is 0. The van der Waals surface area contributed by atoms with E-state index in [1.165, 1.54) is 11.9 Å². The normalized spacial score (nSPS) is 14.4. The summed E-state index contributed by atoms with van der Waals surface area (Å²) in [4.78, 5) is 39.8. The van der Waals surface area contributed by atoms with Gasteiger partial charge in [-0.2, -0.15) is 0 Å². The molecule has 11 heteroatoms. The Bertz CT molecular complexity index is 1250. The van der Waals surface area contributed by atoms with Crippen molar-refractivity contribution in [2.24, 2.45) is 5.73 Å². The van der Waals surface area contributed by atoms with Crippen LogP contribution in [0.1, 0.15) is 36.7 Å². The van der Waals surface area contributed by atoms with E-state index in [0.717, 1.165) is 38.4 Å². The number of nitrogens with zero attached hydrogens (tertiary/aromatic N) is 4. The van der Waals surface area contributed by atoms with Gasteiger partial charge in [-0.3, -0.25) is 9.69 Å². The van der Waals surface area contributed by atoms with Crippen molar-refractivity contribution in [2.45, 2.75) is 32.9 Å². The van der Waals surface area contributed by atoms with E-state index in [2.05, 4.69) is 37.6 Å². The summed E-state index contributed by atoms with van der Waals surface area (Å²) in [5, 5.41) is 5.84. The van der Waals surface area contributed by atoms with Crippen LogP contribution in [0.3, 0.4) is 0 Å². The van der Waals surface area contributed by atoms with Gasteiger partial charge in [0.05, 0.1) is 24.5 Å². The number of nitrogens with two attached hydrogens (primary N) is 1. The molecule has 4 N–H and O–H groups in total. The minimum absolute atomic E-state index is 0.259. The third kappa shape index (κ3) is 7.11. The summed E-state index contributed by atoms with van der Waals surface area (Å²) >= 11 is 0. The monoisotopic (exact) mass is 507 g/mol. The average molecular weight is 508 g/mol. The number of benzene rings is 1. The zero-order valence-corrected chi connectivity index (χ0v) is 21.4. The molecule has 196 valence electrons. The highest BCUT2D eigenvalue weighted by atomic mass is 16.6. The first-order valence-electron chi connectivity index (χ1n) is 12.3. The number of pyridine rings is 1. The Balaban J connectivity index is 1.53. The highest BCUT2D eigenvalue weighted by molar-refractivity contribution is 6.06. The maximum absolute atomic E-state index is 12.3. The smallest absolute Gasteiger partial charge is 0.407 e. The lowest BCUT2D eigenvalue weighted by Gasteiger charge is -2.26. The van der Waals surface area contributed by atoms with Crippen LogP contribution < -0.4 is 16.4 Å². The van der Waals surface area contributed by atoms with E-state index in [-0.39, 0.29) is 5.56 Å². The Kier molecular flexibility index (Phi) is 8.14. The molecule has 3 aromatic rings. The van der Waals surface area contributed by atoms with Gasteiger partial charge in [-0.1, -0.05) is 24.3 Å². The third-order valence-electron chi connectivity index (χ3n) is 5.70. The maximum Gasteiger partial charge on any atom is 0.407 e.